The molecule has 0 atom stereocenters. The lowest BCUT2D eigenvalue weighted by atomic mass is 10.1. The lowest BCUT2D eigenvalue weighted by molar-refractivity contribution is 0.0635. The number of aliphatic hydroxyl groups is 1. The predicted octanol–water partition coefficient (Wildman–Crippen LogP) is 2.58. The zero-order chi connectivity index (χ0) is 14.5. The number of carbonyl (C=O) groups is 1. The molecule has 1 amide bonds. The number of hydrogen-bond acceptors (Lipinski definition) is 4. The van der Waals surface area contributed by atoms with Crippen molar-refractivity contribution in [1.29, 1.82) is 0 Å². The highest BCUT2D eigenvalue weighted by atomic mass is 16.6. The molecule has 0 spiro atoms. The van der Waals surface area contributed by atoms with Gasteiger partial charge in [0.25, 0.3) is 0 Å². The highest BCUT2D eigenvalue weighted by molar-refractivity contribution is 5.87. The summed E-state index contributed by atoms with van der Waals surface area (Å²) in [4.78, 5) is 11.7. The molecule has 0 bridgehead atoms. The van der Waals surface area contributed by atoms with Crippen molar-refractivity contribution in [1.82, 2.24) is 0 Å². The van der Waals surface area contributed by atoms with Gasteiger partial charge in [0.2, 0.25) is 0 Å². The number of nitrogens with one attached hydrogen (secondary N) is 1. The minimum absolute atomic E-state index is 0.0538. The van der Waals surface area contributed by atoms with Gasteiger partial charge in [-0.3, -0.25) is 5.32 Å². The van der Waals surface area contributed by atoms with Gasteiger partial charge in [0.05, 0.1) is 12.8 Å². The number of benzene rings is 1. The maximum atomic E-state index is 11.7. The molecule has 0 saturated heterocycles. The lowest BCUT2D eigenvalue weighted by Gasteiger charge is -2.20. The topological polar surface area (TPSA) is 67.8 Å². The number of carbonyl (C=O) groups excluding carboxylic acids is 1. The summed E-state index contributed by atoms with van der Waals surface area (Å²) in [6.07, 6.45) is -0.0144. The quantitative estimate of drug-likeness (QED) is 0.879. The van der Waals surface area contributed by atoms with E-state index in [1.165, 1.54) is 7.11 Å². The van der Waals surface area contributed by atoms with Crippen molar-refractivity contribution in [3.63, 3.8) is 0 Å². The van der Waals surface area contributed by atoms with Crippen LogP contribution in [0.3, 0.4) is 0 Å². The van der Waals surface area contributed by atoms with Crippen LogP contribution in [0, 0.1) is 0 Å². The molecule has 0 saturated carbocycles. The van der Waals surface area contributed by atoms with Gasteiger partial charge < -0.3 is 14.6 Å². The van der Waals surface area contributed by atoms with Gasteiger partial charge in [-0.05, 0) is 44.9 Å². The highest BCUT2D eigenvalue weighted by Crippen LogP contribution is 2.26. The van der Waals surface area contributed by atoms with Gasteiger partial charge in [-0.1, -0.05) is 6.07 Å². The van der Waals surface area contributed by atoms with Crippen molar-refractivity contribution in [2.24, 2.45) is 0 Å². The minimum Gasteiger partial charge on any atom is -0.495 e. The summed E-state index contributed by atoms with van der Waals surface area (Å²) in [5.74, 6) is 0.549. The standard InChI is InChI=1S/C14H21NO4/c1-14(2,3)19-13(17)15-11-9-10(7-8-16)5-6-12(11)18-4/h5-6,9,16H,7-8H2,1-4H3,(H,15,17). The van der Waals surface area contributed by atoms with Crippen LogP contribution < -0.4 is 10.1 Å². The van der Waals surface area contributed by atoms with Gasteiger partial charge >= 0.3 is 6.09 Å². The summed E-state index contributed by atoms with van der Waals surface area (Å²) < 4.78 is 10.4. The van der Waals surface area contributed by atoms with Gasteiger partial charge in [-0.2, -0.15) is 0 Å². The smallest absolute Gasteiger partial charge is 0.412 e. The summed E-state index contributed by atoms with van der Waals surface area (Å²) >= 11 is 0. The number of anilines is 1. The molecule has 0 aromatic heterocycles. The first kappa shape index (κ1) is 15.3. The third kappa shape index (κ3) is 5.18. The number of hydrogen-bond donors (Lipinski definition) is 2. The fourth-order valence-electron chi connectivity index (χ4n) is 1.55. The first-order valence-corrected chi connectivity index (χ1v) is 6.13. The molecule has 0 aliphatic rings. The molecular formula is C14H21NO4. The molecule has 0 aliphatic carbocycles. The summed E-state index contributed by atoms with van der Waals surface area (Å²) in [5.41, 5.74) is 0.886. The third-order valence-electron chi connectivity index (χ3n) is 2.30. The van der Waals surface area contributed by atoms with Crippen LogP contribution in [0.2, 0.25) is 0 Å². The zero-order valence-electron chi connectivity index (χ0n) is 11.8. The van der Waals surface area contributed by atoms with Crippen LogP contribution in [0.15, 0.2) is 18.2 Å². The third-order valence-corrected chi connectivity index (χ3v) is 2.30. The summed E-state index contributed by atoms with van der Waals surface area (Å²) in [6, 6.07) is 5.35. The van der Waals surface area contributed by atoms with E-state index < -0.39 is 11.7 Å². The largest absolute Gasteiger partial charge is 0.495 e. The van der Waals surface area contributed by atoms with Crippen LogP contribution in [0.4, 0.5) is 10.5 Å². The second-order valence-corrected chi connectivity index (χ2v) is 5.14. The molecule has 1 aromatic carbocycles. The SMILES string of the molecule is COc1ccc(CCO)cc1NC(=O)OC(C)(C)C. The molecule has 106 valence electrons. The molecule has 0 radical (unpaired) electrons. The summed E-state index contributed by atoms with van der Waals surface area (Å²) in [6.45, 7) is 5.45. The molecule has 0 fully saturated rings. The van der Waals surface area contributed by atoms with Gasteiger partial charge in [0.15, 0.2) is 0 Å². The van der Waals surface area contributed by atoms with Crippen molar-refractivity contribution in [2.75, 3.05) is 19.0 Å². The average molecular weight is 267 g/mol. The molecule has 0 heterocycles. The number of ether oxygens (including phenoxy) is 2. The number of methoxy groups -OCH3 is 1. The van der Waals surface area contributed by atoms with Crippen molar-refractivity contribution in [3.8, 4) is 5.75 Å². The molecule has 1 aromatic rings. The van der Waals surface area contributed by atoms with E-state index in [2.05, 4.69) is 5.32 Å². The van der Waals surface area contributed by atoms with Crippen LogP contribution in [0.25, 0.3) is 0 Å². The van der Waals surface area contributed by atoms with Gasteiger partial charge in [-0.15, -0.1) is 0 Å². The van der Waals surface area contributed by atoms with Gasteiger partial charge in [0.1, 0.15) is 11.4 Å². The first-order chi connectivity index (χ1) is 8.85. The van der Waals surface area contributed by atoms with Crippen LogP contribution in [-0.2, 0) is 11.2 Å². The molecule has 1 rings (SSSR count). The van der Waals surface area contributed by atoms with Crippen LogP contribution in [-0.4, -0.2) is 30.5 Å². The fraction of sp³-hybridized carbons (Fsp3) is 0.500. The molecule has 19 heavy (non-hydrogen) atoms. The van der Waals surface area contributed by atoms with Gasteiger partial charge in [0, 0.05) is 6.61 Å². The van der Waals surface area contributed by atoms with Crippen LogP contribution in [0.5, 0.6) is 5.75 Å². The number of amides is 1. The molecular weight excluding hydrogens is 246 g/mol. The Hall–Kier alpha value is -1.75. The van der Waals surface area contributed by atoms with E-state index >= 15 is 0 Å². The first-order valence-electron chi connectivity index (χ1n) is 6.13. The second kappa shape index (κ2) is 6.43. The lowest BCUT2D eigenvalue weighted by Crippen LogP contribution is -2.27. The predicted molar refractivity (Wildman–Crippen MR) is 73.6 cm³/mol. The van der Waals surface area contributed by atoms with Crippen molar-refractivity contribution >= 4 is 11.8 Å². The van der Waals surface area contributed by atoms with E-state index in [4.69, 9.17) is 14.6 Å². The van der Waals surface area contributed by atoms with Crippen LogP contribution >= 0.6 is 0 Å². The average Bonchev–Trinajstić information content (AvgIpc) is 2.27. The van der Waals surface area contributed by atoms with E-state index in [1.807, 2.05) is 6.07 Å². The Morgan fingerprint density at radius 3 is 2.58 bits per heavy atom. The van der Waals surface area contributed by atoms with E-state index in [-0.39, 0.29) is 6.61 Å². The molecule has 2 N–H and O–H groups in total. The van der Waals surface area contributed by atoms with E-state index in [0.29, 0.717) is 17.9 Å². The fourth-order valence-corrected chi connectivity index (χ4v) is 1.55. The Labute approximate surface area is 113 Å². The Kier molecular flexibility index (Phi) is 5.18. The Bertz CT molecular complexity index is 438. The van der Waals surface area contributed by atoms with Crippen molar-refractivity contribution < 1.29 is 19.4 Å². The Morgan fingerprint density at radius 2 is 2.05 bits per heavy atom. The monoisotopic (exact) mass is 267 g/mol. The number of aliphatic hydroxyl groups excluding tert-OH is 1. The van der Waals surface area contributed by atoms with E-state index in [9.17, 15) is 4.79 Å². The number of rotatable bonds is 4. The van der Waals surface area contributed by atoms with Crippen LogP contribution in [0.1, 0.15) is 26.3 Å². The summed E-state index contributed by atoms with van der Waals surface area (Å²) in [7, 11) is 1.53. The molecule has 5 heteroatoms. The van der Waals surface area contributed by atoms with Crippen molar-refractivity contribution in [2.45, 2.75) is 32.8 Å². The van der Waals surface area contributed by atoms with Crippen molar-refractivity contribution in [3.05, 3.63) is 23.8 Å². The minimum atomic E-state index is -0.556. The highest BCUT2D eigenvalue weighted by Gasteiger charge is 2.17. The van der Waals surface area contributed by atoms with E-state index in [1.54, 1.807) is 32.9 Å². The summed E-state index contributed by atoms with van der Waals surface area (Å²) in [5, 5.41) is 11.6. The maximum Gasteiger partial charge on any atom is 0.412 e. The molecule has 0 unspecified atom stereocenters. The maximum absolute atomic E-state index is 11.7. The molecule has 5 nitrogen and oxygen atoms in total. The zero-order valence-corrected chi connectivity index (χ0v) is 11.8. The Balaban J connectivity index is 2.85. The second-order valence-electron chi connectivity index (χ2n) is 5.14. The van der Waals surface area contributed by atoms with E-state index in [0.717, 1.165) is 5.56 Å². The Morgan fingerprint density at radius 1 is 1.37 bits per heavy atom. The molecule has 0 aliphatic heterocycles. The normalized spacial score (nSPS) is 11.0. The van der Waals surface area contributed by atoms with Gasteiger partial charge in [-0.25, -0.2) is 4.79 Å².